The van der Waals surface area contributed by atoms with Crippen LogP contribution in [-0.4, -0.2) is 0 Å². The summed E-state index contributed by atoms with van der Waals surface area (Å²) < 4.78 is 14.6. The maximum atomic E-state index is 9.90. The first-order valence-electron chi connectivity index (χ1n) is 2.52. The van der Waals surface area contributed by atoms with Gasteiger partial charge in [0.1, 0.15) is 0 Å². The zero-order chi connectivity index (χ0) is 6.53. The molecule has 10 heavy (non-hydrogen) atoms. The van der Waals surface area contributed by atoms with Gasteiger partial charge in [0.25, 0.3) is 0 Å². The molecule has 0 aromatic heterocycles. The molecule has 0 aliphatic heterocycles. The van der Waals surface area contributed by atoms with Crippen LogP contribution in [0.25, 0.3) is 0 Å². The number of hydrogen-bond acceptors (Lipinski definition) is 2. The molecule has 1 aromatic rings. The normalized spacial score (nSPS) is 8.40. The molecule has 2 nitrogen and oxygen atoms in total. The third-order valence-electron chi connectivity index (χ3n) is 0.903. The standard InChI is InChI=1S/C6H6O2P.Na.H/c7-9-8-6-4-2-1-3-5-6;;/h1-5,9H;;/q2*+1;-1. The van der Waals surface area contributed by atoms with E-state index in [9.17, 15) is 4.57 Å². The van der Waals surface area contributed by atoms with E-state index in [-0.39, 0.29) is 31.0 Å². The van der Waals surface area contributed by atoms with E-state index in [0.717, 1.165) is 0 Å². The third-order valence-corrected chi connectivity index (χ3v) is 1.22. The Labute approximate surface area is 84.6 Å². The molecular weight excluding hydrogens is 158 g/mol. The molecule has 0 fully saturated rings. The predicted octanol–water partition coefficient (Wildman–Crippen LogP) is -0.879. The van der Waals surface area contributed by atoms with Crippen molar-refractivity contribution in [1.29, 1.82) is 0 Å². The number of hydrogen-bond donors (Lipinski definition) is 0. The van der Waals surface area contributed by atoms with Crippen molar-refractivity contribution in [3.63, 3.8) is 0 Å². The van der Waals surface area contributed by atoms with Gasteiger partial charge in [-0.05, 0) is 16.7 Å². The van der Waals surface area contributed by atoms with Crippen LogP contribution < -0.4 is 34.1 Å². The maximum Gasteiger partial charge on any atom is 1.00 e. The van der Waals surface area contributed by atoms with E-state index in [1.54, 1.807) is 12.1 Å². The summed E-state index contributed by atoms with van der Waals surface area (Å²) in [6, 6.07) is 9.04. The molecule has 0 aliphatic carbocycles. The van der Waals surface area contributed by atoms with Gasteiger partial charge in [0.15, 0.2) is 5.75 Å². The number of benzene rings is 1. The smallest absolute Gasteiger partial charge is 1.00 e. The second-order valence-electron chi connectivity index (χ2n) is 1.50. The predicted molar refractivity (Wildman–Crippen MR) is 37.2 cm³/mol. The van der Waals surface area contributed by atoms with Crippen LogP contribution in [-0.2, 0) is 4.57 Å². The first kappa shape index (κ1) is 10.1. The summed E-state index contributed by atoms with van der Waals surface area (Å²) in [7, 11) is -0.715. The first-order valence-corrected chi connectivity index (χ1v) is 3.34. The summed E-state index contributed by atoms with van der Waals surface area (Å²) >= 11 is 0. The Bertz CT molecular complexity index is 195. The average Bonchev–Trinajstić information content (AvgIpc) is 1.91. The molecule has 0 amide bonds. The zero-order valence-corrected chi connectivity index (χ0v) is 8.70. The van der Waals surface area contributed by atoms with Gasteiger partial charge in [-0.2, -0.15) is 0 Å². The molecule has 1 unspecified atom stereocenters. The summed E-state index contributed by atoms with van der Waals surface area (Å²) in [6.07, 6.45) is 0. The van der Waals surface area contributed by atoms with E-state index < -0.39 is 8.69 Å². The second kappa shape index (κ2) is 5.87. The summed E-state index contributed by atoms with van der Waals surface area (Å²) in [5.74, 6) is 0.644. The molecule has 0 aliphatic rings. The van der Waals surface area contributed by atoms with Crippen LogP contribution in [0, 0.1) is 0 Å². The molecule has 1 aromatic carbocycles. The molecule has 0 heterocycles. The minimum atomic E-state index is -0.715. The molecule has 48 valence electrons. The van der Waals surface area contributed by atoms with Crippen LogP contribution in [0.2, 0.25) is 0 Å². The van der Waals surface area contributed by atoms with E-state index in [1.807, 2.05) is 18.2 Å². The molecule has 0 saturated heterocycles. The van der Waals surface area contributed by atoms with Crippen molar-refractivity contribution in [1.82, 2.24) is 0 Å². The van der Waals surface area contributed by atoms with Crippen molar-refractivity contribution < 1.29 is 40.1 Å². The summed E-state index contributed by atoms with van der Waals surface area (Å²) in [6.45, 7) is 0. The van der Waals surface area contributed by atoms with Gasteiger partial charge in [-0.25, -0.2) is 0 Å². The van der Waals surface area contributed by atoms with Gasteiger partial charge >= 0.3 is 38.2 Å². The minimum Gasteiger partial charge on any atom is -1.00 e. The van der Waals surface area contributed by atoms with Crippen LogP contribution in [0.3, 0.4) is 0 Å². The Morgan fingerprint density at radius 3 is 2.40 bits per heavy atom. The van der Waals surface area contributed by atoms with Crippen LogP contribution in [0.4, 0.5) is 0 Å². The van der Waals surface area contributed by atoms with Crippen LogP contribution >= 0.6 is 8.69 Å². The third kappa shape index (κ3) is 3.33. The summed E-state index contributed by atoms with van der Waals surface area (Å²) in [5, 5.41) is 0. The molecule has 0 N–H and O–H groups in total. The quantitative estimate of drug-likeness (QED) is 0.420. The Balaban J connectivity index is 0. The van der Waals surface area contributed by atoms with Crippen molar-refractivity contribution in [2.75, 3.05) is 0 Å². The van der Waals surface area contributed by atoms with Gasteiger partial charge in [0.2, 0.25) is 0 Å². The molecule has 1 rings (SSSR count). The van der Waals surface area contributed by atoms with Crippen LogP contribution in [0.5, 0.6) is 5.75 Å². The van der Waals surface area contributed by atoms with Crippen LogP contribution in [0.1, 0.15) is 1.43 Å². The topological polar surface area (TPSA) is 26.3 Å². The number of para-hydroxylation sites is 1. The van der Waals surface area contributed by atoms with E-state index in [2.05, 4.69) is 4.52 Å². The fraction of sp³-hybridized carbons (Fsp3) is 0. The zero-order valence-electron chi connectivity index (χ0n) is 6.70. The fourth-order valence-corrected chi connectivity index (χ4v) is 0.769. The van der Waals surface area contributed by atoms with Crippen molar-refractivity contribution in [2.24, 2.45) is 0 Å². The largest absolute Gasteiger partial charge is 1.00 e. The Morgan fingerprint density at radius 1 is 1.30 bits per heavy atom. The maximum absolute atomic E-state index is 9.90. The van der Waals surface area contributed by atoms with E-state index in [0.29, 0.717) is 5.75 Å². The van der Waals surface area contributed by atoms with Crippen molar-refractivity contribution in [3.8, 4) is 5.75 Å². The molecule has 0 spiro atoms. The first-order chi connectivity index (χ1) is 4.43. The Kier molecular flexibility index (Phi) is 5.94. The molecule has 0 radical (unpaired) electrons. The van der Waals surface area contributed by atoms with Crippen molar-refractivity contribution in [3.05, 3.63) is 30.3 Å². The minimum absolute atomic E-state index is 0. The molecule has 0 saturated carbocycles. The van der Waals surface area contributed by atoms with Gasteiger partial charge in [-0.3, -0.25) is 4.52 Å². The molecule has 4 heteroatoms. The average molecular weight is 165 g/mol. The van der Waals surface area contributed by atoms with Gasteiger partial charge in [0.05, 0.1) is 0 Å². The van der Waals surface area contributed by atoms with E-state index >= 15 is 0 Å². The molecule has 1 atom stereocenters. The second-order valence-corrected chi connectivity index (χ2v) is 1.87. The van der Waals surface area contributed by atoms with Gasteiger partial charge in [-0.1, -0.05) is 18.2 Å². The summed E-state index contributed by atoms with van der Waals surface area (Å²) in [4.78, 5) is 0. The molecular formula is C6H7NaO2P+. The number of rotatable bonds is 2. The van der Waals surface area contributed by atoms with E-state index in [1.165, 1.54) is 0 Å². The summed E-state index contributed by atoms with van der Waals surface area (Å²) in [5.41, 5.74) is 0. The van der Waals surface area contributed by atoms with E-state index in [4.69, 9.17) is 0 Å². The van der Waals surface area contributed by atoms with Gasteiger partial charge in [-0.15, -0.1) is 0 Å². The van der Waals surface area contributed by atoms with Gasteiger partial charge in [0, 0.05) is 0 Å². The van der Waals surface area contributed by atoms with Gasteiger partial charge < -0.3 is 1.43 Å². The van der Waals surface area contributed by atoms with Crippen molar-refractivity contribution in [2.45, 2.75) is 0 Å². The monoisotopic (exact) mass is 165 g/mol. The Hall–Kier alpha value is 0.120. The molecule has 0 bridgehead atoms. The van der Waals surface area contributed by atoms with Crippen molar-refractivity contribution >= 4 is 8.69 Å². The Morgan fingerprint density at radius 2 is 1.90 bits per heavy atom. The SMILES string of the molecule is O=[PH+]Oc1ccccc1.[H-].[Na+]. The fourth-order valence-electron chi connectivity index (χ4n) is 0.537. The van der Waals surface area contributed by atoms with Crippen LogP contribution in [0.15, 0.2) is 30.3 Å².